The number of amides is 1. The van der Waals surface area contributed by atoms with E-state index in [0.29, 0.717) is 36.2 Å². The van der Waals surface area contributed by atoms with E-state index in [-0.39, 0.29) is 5.91 Å². The first-order chi connectivity index (χ1) is 12.6. The second-order valence-corrected chi connectivity index (χ2v) is 6.65. The molecular formula is C19H21N5O2. The van der Waals surface area contributed by atoms with Crippen molar-refractivity contribution >= 4 is 17.1 Å². The lowest BCUT2D eigenvalue weighted by Crippen LogP contribution is -2.61. The van der Waals surface area contributed by atoms with Crippen molar-refractivity contribution in [1.29, 1.82) is 0 Å². The molecule has 1 aromatic carbocycles. The van der Waals surface area contributed by atoms with Crippen LogP contribution >= 0.6 is 0 Å². The highest BCUT2D eigenvalue weighted by Crippen LogP contribution is 2.31. The number of benzene rings is 1. The van der Waals surface area contributed by atoms with E-state index in [2.05, 4.69) is 20.6 Å². The molecule has 2 atom stereocenters. The molecule has 26 heavy (non-hydrogen) atoms. The monoisotopic (exact) mass is 351 g/mol. The van der Waals surface area contributed by atoms with Crippen LogP contribution in [0.2, 0.25) is 0 Å². The number of imidazole rings is 1. The van der Waals surface area contributed by atoms with Gasteiger partial charge in [-0.25, -0.2) is 9.97 Å². The molecule has 1 aliphatic rings. The predicted octanol–water partition coefficient (Wildman–Crippen LogP) is 0.948. The average Bonchev–Trinajstić information content (AvgIpc) is 3.05. The summed E-state index contributed by atoms with van der Waals surface area (Å²) in [7, 11) is 1.84. The number of aliphatic hydroxyl groups excluding tert-OH is 1. The van der Waals surface area contributed by atoms with Gasteiger partial charge >= 0.3 is 0 Å². The molecule has 0 unspecified atom stereocenters. The lowest BCUT2D eigenvalue weighted by atomic mass is 9.79. The summed E-state index contributed by atoms with van der Waals surface area (Å²) in [5.74, 6) is -0.263. The zero-order valence-corrected chi connectivity index (χ0v) is 14.5. The largest absolute Gasteiger partial charge is 0.389 e. The number of nitrogens with zero attached hydrogens (tertiary/aromatic N) is 3. The third-order valence-electron chi connectivity index (χ3n) is 5.07. The maximum absolute atomic E-state index is 13.1. The SMILES string of the molecule is Cn1cnc2c(C(=O)N[C@]3(c4ccccc4)CCNC[C@H]3O)ccnc21. The normalized spacial score (nSPS) is 23.1. The number of β-amino-alcohol motifs (C(OH)–C–C–N with tert-alkyl or cyclic N) is 1. The van der Waals surface area contributed by atoms with Gasteiger partial charge in [-0.2, -0.15) is 0 Å². The van der Waals surface area contributed by atoms with Crippen LogP contribution in [0.1, 0.15) is 22.3 Å². The van der Waals surface area contributed by atoms with Crippen LogP contribution in [0.4, 0.5) is 0 Å². The van der Waals surface area contributed by atoms with E-state index in [0.717, 1.165) is 5.56 Å². The van der Waals surface area contributed by atoms with Crippen molar-refractivity contribution in [3.8, 4) is 0 Å². The maximum Gasteiger partial charge on any atom is 0.254 e. The number of hydrogen-bond acceptors (Lipinski definition) is 5. The van der Waals surface area contributed by atoms with Crippen molar-refractivity contribution in [3.05, 3.63) is 60.0 Å². The number of aromatic nitrogens is 3. The summed E-state index contributed by atoms with van der Waals surface area (Å²) in [6.07, 6.45) is 3.11. The molecule has 2 aromatic heterocycles. The zero-order valence-electron chi connectivity index (χ0n) is 14.5. The highest BCUT2D eigenvalue weighted by Gasteiger charge is 2.43. The molecule has 0 saturated carbocycles. The van der Waals surface area contributed by atoms with Crippen LogP contribution in [0.5, 0.6) is 0 Å². The fourth-order valence-corrected chi connectivity index (χ4v) is 3.64. The van der Waals surface area contributed by atoms with Crippen molar-refractivity contribution in [1.82, 2.24) is 25.2 Å². The van der Waals surface area contributed by atoms with Gasteiger partial charge in [0.05, 0.1) is 23.5 Å². The summed E-state index contributed by atoms with van der Waals surface area (Å²) >= 11 is 0. The molecule has 1 saturated heterocycles. The lowest BCUT2D eigenvalue weighted by molar-refractivity contribution is 0.0290. The van der Waals surface area contributed by atoms with Gasteiger partial charge in [0.25, 0.3) is 5.91 Å². The van der Waals surface area contributed by atoms with E-state index in [1.165, 1.54) is 0 Å². The number of piperidine rings is 1. The van der Waals surface area contributed by atoms with E-state index in [1.807, 2.05) is 37.4 Å². The van der Waals surface area contributed by atoms with Gasteiger partial charge in [0.15, 0.2) is 5.65 Å². The topological polar surface area (TPSA) is 92.1 Å². The minimum Gasteiger partial charge on any atom is -0.389 e. The Labute approximate surface area is 151 Å². The highest BCUT2D eigenvalue weighted by molar-refractivity contribution is 6.04. The molecule has 0 spiro atoms. The third-order valence-corrected chi connectivity index (χ3v) is 5.07. The summed E-state index contributed by atoms with van der Waals surface area (Å²) in [6, 6.07) is 11.3. The summed E-state index contributed by atoms with van der Waals surface area (Å²) in [5, 5.41) is 17.1. The first-order valence-electron chi connectivity index (χ1n) is 8.65. The smallest absolute Gasteiger partial charge is 0.254 e. The second-order valence-electron chi connectivity index (χ2n) is 6.65. The van der Waals surface area contributed by atoms with E-state index in [1.54, 1.807) is 23.2 Å². The van der Waals surface area contributed by atoms with Crippen molar-refractivity contribution < 1.29 is 9.90 Å². The number of nitrogens with one attached hydrogen (secondary N) is 2. The Morgan fingerprint density at radius 2 is 2.12 bits per heavy atom. The molecule has 7 heteroatoms. The molecule has 1 amide bonds. The predicted molar refractivity (Wildman–Crippen MR) is 97.6 cm³/mol. The van der Waals surface area contributed by atoms with E-state index < -0.39 is 11.6 Å². The third kappa shape index (κ3) is 2.65. The number of aliphatic hydroxyl groups is 1. The van der Waals surface area contributed by atoms with Gasteiger partial charge in [0, 0.05) is 19.8 Å². The van der Waals surface area contributed by atoms with Crippen molar-refractivity contribution in [2.45, 2.75) is 18.1 Å². The Morgan fingerprint density at radius 3 is 2.88 bits per heavy atom. The molecule has 134 valence electrons. The summed E-state index contributed by atoms with van der Waals surface area (Å²) in [4.78, 5) is 21.7. The molecule has 1 aliphatic heterocycles. The van der Waals surface area contributed by atoms with Crippen LogP contribution in [-0.2, 0) is 12.6 Å². The molecule has 0 bridgehead atoms. The number of pyridine rings is 1. The Hall–Kier alpha value is -2.77. The molecule has 3 N–H and O–H groups in total. The quantitative estimate of drug-likeness (QED) is 0.653. The highest BCUT2D eigenvalue weighted by atomic mass is 16.3. The average molecular weight is 351 g/mol. The van der Waals surface area contributed by atoms with Crippen molar-refractivity contribution in [3.63, 3.8) is 0 Å². The molecule has 0 aliphatic carbocycles. The first-order valence-corrected chi connectivity index (χ1v) is 8.65. The summed E-state index contributed by atoms with van der Waals surface area (Å²) < 4.78 is 1.78. The van der Waals surface area contributed by atoms with Crippen LogP contribution in [0, 0.1) is 0 Å². The van der Waals surface area contributed by atoms with E-state index >= 15 is 0 Å². The number of hydrogen-bond donors (Lipinski definition) is 3. The molecule has 1 fully saturated rings. The molecular weight excluding hydrogens is 330 g/mol. The van der Waals surface area contributed by atoms with Gasteiger partial charge < -0.3 is 20.3 Å². The lowest BCUT2D eigenvalue weighted by Gasteiger charge is -2.43. The van der Waals surface area contributed by atoms with Crippen molar-refractivity contribution in [2.75, 3.05) is 13.1 Å². The van der Waals surface area contributed by atoms with Crippen molar-refractivity contribution in [2.24, 2.45) is 7.05 Å². The number of carbonyl (C=O) groups excluding carboxylic acids is 1. The fourth-order valence-electron chi connectivity index (χ4n) is 3.64. The van der Waals surface area contributed by atoms with Gasteiger partial charge in [0.2, 0.25) is 0 Å². The van der Waals surface area contributed by atoms with Gasteiger partial charge in [0.1, 0.15) is 5.52 Å². The number of fused-ring (bicyclic) bond motifs is 1. The number of carbonyl (C=O) groups is 1. The number of rotatable bonds is 3. The fraction of sp³-hybridized carbons (Fsp3) is 0.316. The molecule has 4 rings (SSSR count). The van der Waals surface area contributed by atoms with E-state index in [9.17, 15) is 9.90 Å². The maximum atomic E-state index is 13.1. The van der Waals surface area contributed by atoms with Crippen LogP contribution in [-0.4, -0.2) is 44.7 Å². The second kappa shape index (κ2) is 6.51. The Bertz CT molecular complexity index is 940. The van der Waals surface area contributed by atoms with Crippen LogP contribution in [0.3, 0.4) is 0 Å². The summed E-state index contributed by atoms with van der Waals surface area (Å²) in [5.41, 5.74) is 1.72. The Kier molecular flexibility index (Phi) is 4.18. The molecule has 3 heterocycles. The van der Waals surface area contributed by atoms with Crippen LogP contribution < -0.4 is 10.6 Å². The van der Waals surface area contributed by atoms with Gasteiger partial charge in [-0.1, -0.05) is 30.3 Å². The van der Waals surface area contributed by atoms with Crippen LogP contribution in [0.15, 0.2) is 48.9 Å². The first kappa shape index (κ1) is 16.7. The van der Waals surface area contributed by atoms with E-state index in [4.69, 9.17) is 0 Å². The zero-order chi connectivity index (χ0) is 18.1. The molecule has 7 nitrogen and oxygen atoms in total. The Morgan fingerprint density at radius 1 is 1.31 bits per heavy atom. The standard InChI is InChI=1S/C19H21N5O2/c1-24-12-22-16-14(7-9-21-17(16)24)18(26)23-19(8-10-20-11-15(19)25)13-5-3-2-4-6-13/h2-7,9,12,15,20,25H,8,10-11H2,1H3,(H,23,26)/t15-,19+/m1/s1. The summed E-state index contributed by atoms with van der Waals surface area (Å²) in [6.45, 7) is 1.13. The molecule has 0 radical (unpaired) electrons. The Balaban J connectivity index is 1.75. The van der Waals surface area contributed by atoms with Gasteiger partial charge in [-0.05, 0) is 24.6 Å². The molecule has 3 aromatic rings. The minimum absolute atomic E-state index is 0.263. The van der Waals surface area contributed by atoms with Gasteiger partial charge in [-0.15, -0.1) is 0 Å². The number of aryl methyl sites for hydroxylation is 1. The minimum atomic E-state index is -0.839. The van der Waals surface area contributed by atoms with Gasteiger partial charge in [-0.3, -0.25) is 4.79 Å². The van der Waals surface area contributed by atoms with Crippen LogP contribution in [0.25, 0.3) is 11.2 Å².